The third-order valence-electron chi connectivity index (χ3n) is 6.34. The Morgan fingerprint density at radius 2 is 1.83 bits per heavy atom. The molecular weight excluding hydrogens is 402 g/mol. The molecule has 2 fully saturated rings. The van der Waals surface area contributed by atoms with Crippen molar-refractivity contribution in [2.45, 2.75) is 76.6 Å². The second-order valence-corrected chi connectivity index (χ2v) is 8.47. The van der Waals surface area contributed by atoms with Gasteiger partial charge in [-0.1, -0.05) is 12.5 Å². The monoisotopic (exact) mass is 427 g/mol. The molecule has 1 aromatic heterocycles. The number of aliphatic hydroxyl groups is 1. The molecule has 0 amide bonds. The third kappa shape index (κ3) is 4.14. The lowest BCUT2D eigenvalue weighted by Gasteiger charge is -2.54. The molecule has 4 rings (SSSR count). The molecule has 1 spiro atoms. The maximum Gasteiger partial charge on any atom is 0.431 e. The van der Waals surface area contributed by atoms with Crippen LogP contribution in [0.5, 0.6) is 0 Å². The second-order valence-electron chi connectivity index (χ2n) is 8.47. The van der Waals surface area contributed by atoms with Gasteiger partial charge >= 0.3 is 6.18 Å². The van der Waals surface area contributed by atoms with Gasteiger partial charge in [-0.05, 0) is 57.3 Å². The Morgan fingerprint density at radius 1 is 1.13 bits per heavy atom. The predicted octanol–water partition coefficient (Wildman–Crippen LogP) is 4.72. The summed E-state index contributed by atoms with van der Waals surface area (Å²) in [4.78, 5) is 12.4. The molecule has 1 heterocycles. The third-order valence-corrected chi connectivity index (χ3v) is 6.34. The molecule has 1 unspecified atom stereocenters. The molecule has 0 aliphatic heterocycles. The highest BCUT2D eigenvalue weighted by molar-refractivity contribution is 5.65. The van der Waals surface area contributed by atoms with Crippen LogP contribution in [0.15, 0.2) is 17.6 Å². The minimum Gasteiger partial charge on any atom is -0.386 e. The summed E-state index contributed by atoms with van der Waals surface area (Å²) in [5.74, 6) is -0.990. The highest BCUT2D eigenvalue weighted by atomic mass is 19.4. The van der Waals surface area contributed by atoms with Crippen LogP contribution in [-0.2, 0) is 0 Å². The molecular formula is C20H25F4N5O. The van der Waals surface area contributed by atoms with Gasteiger partial charge in [0.1, 0.15) is 17.6 Å². The molecule has 6 nitrogen and oxygen atoms in total. The minimum atomic E-state index is -4.61. The topological polar surface area (TPSA) is 83.0 Å². The number of hydrogen-bond acceptors (Lipinski definition) is 6. The van der Waals surface area contributed by atoms with Gasteiger partial charge in [-0.3, -0.25) is 0 Å². The maximum absolute atomic E-state index is 14.5. The minimum absolute atomic E-state index is 0.0541. The van der Waals surface area contributed by atoms with Crippen LogP contribution in [0, 0.1) is 5.41 Å². The van der Waals surface area contributed by atoms with Gasteiger partial charge in [0.15, 0.2) is 5.82 Å². The average molecular weight is 427 g/mol. The molecule has 0 aromatic carbocycles. The lowest BCUT2D eigenvalue weighted by molar-refractivity contribution is -0.0904. The summed E-state index contributed by atoms with van der Waals surface area (Å²) in [6.07, 6.45) is 1.73. The Labute approximate surface area is 171 Å². The van der Waals surface area contributed by atoms with Gasteiger partial charge in [0.05, 0.1) is 0 Å². The molecule has 10 heteroatoms. The zero-order valence-corrected chi connectivity index (χ0v) is 16.7. The van der Waals surface area contributed by atoms with Crippen molar-refractivity contribution < 1.29 is 22.7 Å². The van der Waals surface area contributed by atoms with Crippen molar-refractivity contribution in [3.05, 3.63) is 23.4 Å². The van der Waals surface area contributed by atoms with Crippen molar-refractivity contribution in [3.8, 4) is 0 Å². The van der Waals surface area contributed by atoms with E-state index in [2.05, 4.69) is 25.6 Å². The molecule has 3 aliphatic carbocycles. The summed E-state index contributed by atoms with van der Waals surface area (Å²) in [7, 11) is 0. The van der Waals surface area contributed by atoms with E-state index in [4.69, 9.17) is 0 Å². The summed E-state index contributed by atoms with van der Waals surface area (Å²) in [5, 5.41) is 15.2. The maximum atomic E-state index is 14.5. The fraction of sp³-hybridized carbons (Fsp3) is 0.650. The van der Waals surface area contributed by atoms with E-state index in [0.717, 1.165) is 18.9 Å². The van der Waals surface area contributed by atoms with Crippen LogP contribution in [0.4, 0.5) is 29.5 Å². The number of hydrogen-bond donors (Lipinski definition) is 3. The van der Waals surface area contributed by atoms with Crippen molar-refractivity contribution in [2.24, 2.45) is 5.41 Å². The van der Waals surface area contributed by atoms with Gasteiger partial charge in [-0.15, -0.1) is 0 Å². The Bertz CT molecular complexity index is 870. The number of rotatable bonds is 5. The molecule has 0 saturated heterocycles. The number of alkyl halides is 3. The van der Waals surface area contributed by atoms with Crippen LogP contribution in [0.25, 0.3) is 5.57 Å². The zero-order valence-electron chi connectivity index (χ0n) is 16.7. The lowest BCUT2D eigenvalue weighted by atomic mass is 9.54. The highest BCUT2D eigenvalue weighted by Gasteiger charge is 2.48. The van der Waals surface area contributed by atoms with E-state index in [9.17, 15) is 22.7 Å². The van der Waals surface area contributed by atoms with Crippen LogP contribution in [0.2, 0.25) is 0 Å². The van der Waals surface area contributed by atoms with Gasteiger partial charge in [-0.2, -0.15) is 28.1 Å². The molecule has 2 saturated carbocycles. The number of aromatic nitrogens is 3. The summed E-state index contributed by atoms with van der Waals surface area (Å²) in [6, 6.07) is 0.132. The van der Waals surface area contributed by atoms with Gasteiger partial charge in [0.25, 0.3) is 0 Å². The van der Waals surface area contributed by atoms with Crippen molar-refractivity contribution in [3.63, 3.8) is 0 Å². The molecule has 1 aromatic rings. The lowest BCUT2D eigenvalue weighted by Crippen LogP contribution is -2.49. The zero-order chi connectivity index (χ0) is 21.5. The van der Waals surface area contributed by atoms with Crippen molar-refractivity contribution >= 4 is 17.5 Å². The first-order valence-corrected chi connectivity index (χ1v) is 10.3. The molecule has 3 N–H and O–H groups in total. The highest BCUT2D eigenvalue weighted by Crippen LogP contribution is 2.56. The number of nitrogens with zero attached hydrogens (tertiary/aromatic N) is 3. The Hall–Kier alpha value is -2.23. The number of aliphatic hydroxyl groups excluding tert-OH is 1. The normalized spacial score (nSPS) is 24.5. The first kappa shape index (κ1) is 21.0. The largest absolute Gasteiger partial charge is 0.431 e. The van der Waals surface area contributed by atoms with E-state index in [0.29, 0.717) is 18.3 Å². The fourth-order valence-electron chi connectivity index (χ4n) is 4.55. The Kier molecular flexibility index (Phi) is 5.46. The first-order valence-electron chi connectivity index (χ1n) is 10.3. The van der Waals surface area contributed by atoms with Gasteiger partial charge in [-0.25, -0.2) is 4.39 Å². The predicted molar refractivity (Wildman–Crippen MR) is 104 cm³/mol. The molecule has 3 aliphatic rings. The van der Waals surface area contributed by atoms with Crippen LogP contribution < -0.4 is 10.6 Å². The van der Waals surface area contributed by atoms with Gasteiger partial charge < -0.3 is 15.7 Å². The van der Waals surface area contributed by atoms with E-state index in [1.165, 1.54) is 26.2 Å². The number of halogens is 4. The molecule has 1 atom stereocenters. The van der Waals surface area contributed by atoms with Crippen molar-refractivity contribution in [1.82, 2.24) is 15.0 Å². The van der Waals surface area contributed by atoms with Gasteiger partial charge in [0, 0.05) is 11.6 Å². The SMILES string of the molecule is CC=C(Nc1nc(NC2CC3(CCC3)C2)nc(C2=C(F)C(O)CCC2)n1)C(F)(F)F. The summed E-state index contributed by atoms with van der Waals surface area (Å²) in [5.41, 5.74) is -0.508. The summed E-state index contributed by atoms with van der Waals surface area (Å²) < 4.78 is 54.0. The van der Waals surface area contributed by atoms with Crippen LogP contribution in [-0.4, -0.2) is 38.4 Å². The van der Waals surface area contributed by atoms with Crippen LogP contribution in [0.3, 0.4) is 0 Å². The smallest absolute Gasteiger partial charge is 0.386 e. The standard InChI is InChI=1S/C20H25F4N5O/c1-2-14(20(22,23)24)26-18-28-16(12-5-3-6-13(30)15(12)21)27-17(29-18)25-11-9-19(10-11)7-4-8-19/h2,11,13,30H,3-10H2,1H3,(H2,25,26,27,28,29). The van der Waals surface area contributed by atoms with Crippen molar-refractivity contribution in [2.75, 3.05) is 10.6 Å². The van der Waals surface area contributed by atoms with E-state index in [1.54, 1.807) is 0 Å². The summed E-state index contributed by atoms with van der Waals surface area (Å²) in [6.45, 7) is 1.25. The van der Waals surface area contributed by atoms with E-state index < -0.39 is 23.8 Å². The second kappa shape index (κ2) is 7.79. The Morgan fingerprint density at radius 3 is 2.43 bits per heavy atom. The fourth-order valence-corrected chi connectivity index (χ4v) is 4.55. The number of allylic oxidation sites excluding steroid dienone is 3. The van der Waals surface area contributed by atoms with Gasteiger partial charge in [0.2, 0.25) is 11.9 Å². The van der Waals surface area contributed by atoms with Crippen molar-refractivity contribution in [1.29, 1.82) is 0 Å². The molecule has 164 valence electrons. The van der Waals surface area contributed by atoms with Crippen LogP contribution in [0.1, 0.15) is 64.1 Å². The molecule has 0 radical (unpaired) electrons. The Balaban J connectivity index is 1.62. The number of nitrogens with one attached hydrogen (secondary N) is 2. The molecule has 0 bridgehead atoms. The average Bonchev–Trinajstić information content (AvgIpc) is 2.62. The van der Waals surface area contributed by atoms with Crippen LogP contribution >= 0.6 is 0 Å². The van der Waals surface area contributed by atoms with E-state index in [1.807, 2.05) is 0 Å². The summed E-state index contributed by atoms with van der Waals surface area (Å²) >= 11 is 0. The number of anilines is 2. The van der Waals surface area contributed by atoms with E-state index >= 15 is 0 Å². The quantitative estimate of drug-likeness (QED) is 0.590. The molecule has 30 heavy (non-hydrogen) atoms. The van der Waals surface area contributed by atoms with E-state index in [-0.39, 0.29) is 35.8 Å². The first-order chi connectivity index (χ1) is 14.2.